The number of carbonyl (C=O) groups excluding carboxylic acids is 1. The maximum absolute atomic E-state index is 12.3. The number of H-pyrrole nitrogens is 2. The number of nitrogens with zero attached hydrogens (tertiary/aromatic N) is 5. The second kappa shape index (κ2) is 4.72. The fourth-order valence-corrected chi connectivity index (χ4v) is 1.94. The van der Waals surface area contributed by atoms with Crippen molar-refractivity contribution in [3.8, 4) is 0 Å². The van der Waals surface area contributed by atoms with Crippen LogP contribution in [0.5, 0.6) is 0 Å². The normalized spacial score (nSPS) is 10.9. The summed E-state index contributed by atoms with van der Waals surface area (Å²) in [5.41, 5.74) is 1.95. The first-order valence-electron chi connectivity index (χ1n) is 6.07. The van der Waals surface area contributed by atoms with Gasteiger partial charge in [-0.2, -0.15) is 20.5 Å². The average molecular weight is 271 g/mol. The highest BCUT2D eigenvalue weighted by Gasteiger charge is 2.15. The fraction of sp³-hybridized carbons (Fsp3) is 0.250. The number of hydrogen-bond acceptors (Lipinski definition) is 5. The number of amides is 1. The van der Waals surface area contributed by atoms with Gasteiger partial charge in [-0.15, -0.1) is 0 Å². The van der Waals surface area contributed by atoms with E-state index in [0.717, 1.165) is 11.3 Å². The molecule has 20 heavy (non-hydrogen) atoms. The molecular weight excluding hydrogens is 258 g/mol. The molecule has 2 N–H and O–H groups in total. The molecule has 0 atom stereocenters. The minimum absolute atomic E-state index is 0.114. The topological polar surface area (TPSA) is 103 Å². The third-order valence-electron chi connectivity index (χ3n) is 2.93. The van der Waals surface area contributed by atoms with Crippen LogP contribution in [0, 0.1) is 6.92 Å². The monoisotopic (exact) mass is 271 g/mol. The Morgan fingerprint density at radius 2 is 2.05 bits per heavy atom. The summed E-state index contributed by atoms with van der Waals surface area (Å²) in [6.45, 7) is 2.16. The number of nitrogens with one attached hydrogen (secondary N) is 2. The molecule has 3 aromatic rings. The van der Waals surface area contributed by atoms with Gasteiger partial charge in [-0.25, -0.2) is 4.98 Å². The van der Waals surface area contributed by atoms with Gasteiger partial charge in [0.2, 0.25) is 0 Å². The third kappa shape index (κ3) is 2.22. The van der Waals surface area contributed by atoms with Crippen molar-refractivity contribution in [1.29, 1.82) is 0 Å². The van der Waals surface area contributed by atoms with Crippen molar-refractivity contribution in [1.82, 2.24) is 35.5 Å². The van der Waals surface area contributed by atoms with Crippen LogP contribution >= 0.6 is 0 Å². The first-order valence-corrected chi connectivity index (χ1v) is 6.07. The molecule has 3 rings (SSSR count). The number of fused-ring (bicyclic) bond motifs is 1. The van der Waals surface area contributed by atoms with E-state index < -0.39 is 0 Å². The van der Waals surface area contributed by atoms with Gasteiger partial charge in [0.05, 0.1) is 6.54 Å². The molecule has 0 bridgehead atoms. The summed E-state index contributed by atoms with van der Waals surface area (Å²) in [6.07, 6.45) is 0. The van der Waals surface area contributed by atoms with Gasteiger partial charge in [0, 0.05) is 12.6 Å². The van der Waals surface area contributed by atoms with Crippen molar-refractivity contribution in [2.45, 2.75) is 13.5 Å². The molecule has 0 spiro atoms. The highest BCUT2D eigenvalue weighted by molar-refractivity contribution is 5.97. The van der Waals surface area contributed by atoms with E-state index in [1.165, 1.54) is 0 Å². The Hall–Kier alpha value is -2.77. The second-order valence-electron chi connectivity index (χ2n) is 4.53. The molecule has 0 aliphatic carbocycles. The Morgan fingerprint density at radius 3 is 2.80 bits per heavy atom. The Kier molecular flexibility index (Phi) is 2.90. The minimum atomic E-state index is -0.114. The SMILES string of the molecule is Cc1nc(CN(C)C(=O)c2ccc3n[nH]nc3c2)n[nH]1. The fourth-order valence-electron chi connectivity index (χ4n) is 1.94. The highest BCUT2D eigenvalue weighted by Crippen LogP contribution is 2.13. The molecule has 2 heterocycles. The highest BCUT2D eigenvalue weighted by atomic mass is 16.2. The molecule has 0 aliphatic rings. The molecule has 2 aromatic heterocycles. The van der Waals surface area contributed by atoms with Crippen molar-refractivity contribution in [3.05, 3.63) is 35.4 Å². The van der Waals surface area contributed by atoms with E-state index in [9.17, 15) is 4.79 Å². The molecule has 1 amide bonds. The predicted octanol–water partition coefficient (Wildman–Crippen LogP) is 0.657. The van der Waals surface area contributed by atoms with Crippen LogP contribution in [0.4, 0.5) is 0 Å². The maximum Gasteiger partial charge on any atom is 0.254 e. The number of rotatable bonds is 3. The van der Waals surface area contributed by atoms with Gasteiger partial charge >= 0.3 is 0 Å². The minimum Gasteiger partial charge on any atom is -0.334 e. The summed E-state index contributed by atoms with van der Waals surface area (Å²) in [4.78, 5) is 18.1. The molecule has 0 aliphatic heterocycles. The lowest BCUT2D eigenvalue weighted by atomic mass is 10.2. The van der Waals surface area contributed by atoms with E-state index in [1.807, 2.05) is 6.92 Å². The molecule has 1 aromatic carbocycles. The zero-order valence-corrected chi connectivity index (χ0v) is 11.1. The van der Waals surface area contributed by atoms with Gasteiger partial charge < -0.3 is 4.90 Å². The van der Waals surface area contributed by atoms with Crippen LogP contribution in [-0.4, -0.2) is 48.4 Å². The molecule has 0 fully saturated rings. The van der Waals surface area contributed by atoms with Crippen LogP contribution in [0.1, 0.15) is 22.0 Å². The lowest BCUT2D eigenvalue weighted by Crippen LogP contribution is -2.26. The maximum atomic E-state index is 12.3. The lowest BCUT2D eigenvalue weighted by molar-refractivity contribution is 0.0782. The van der Waals surface area contributed by atoms with Gasteiger partial charge in [0.1, 0.15) is 16.9 Å². The number of carbonyl (C=O) groups is 1. The average Bonchev–Trinajstić information content (AvgIpc) is 3.05. The van der Waals surface area contributed by atoms with Crippen molar-refractivity contribution >= 4 is 16.9 Å². The van der Waals surface area contributed by atoms with Gasteiger partial charge in [0.15, 0.2) is 5.82 Å². The van der Waals surface area contributed by atoms with Crippen LogP contribution < -0.4 is 0 Å². The van der Waals surface area contributed by atoms with Crippen molar-refractivity contribution < 1.29 is 4.79 Å². The smallest absolute Gasteiger partial charge is 0.254 e. The molecule has 0 saturated carbocycles. The largest absolute Gasteiger partial charge is 0.334 e. The summed E-state index contributed by atoms with van der Waals surface area (Å²) in [5.74, 6) is 1.20. The molecule has 0 saturated heterocycles. The molecule has 102 valence electrons. The van der Waals surface area contributed by atoms with Crippen LogP contribution in [0.15, 0.2) is 18.2 Å². The molecule has 8 nitrogen and oxygen atoms in total. The molecule has 0 radical (unpaired) electrons. The summed E-state index contributed by atoms with van der Waals surface area (Å²) in [7, 11) is 1.71. The molecule has 0 unspecified atom stereocenters. The summed E-state index contributed by atoms with van der Waals surface area (Å²) in [5, 5.41) is 17.2. The van der Waals surface area contributed by atoms with Gasteiger partial charge in [-0.1, -0.05) is 0 Å². The summed E-state index contributed by atoms with van der Waals surface area (Å²) < 4.78 is 0. The zero-order chi connectivity index (χ0) is 14.1. The number of aryl methyl sites for hydroxylation is 1. The van der Waals surface area contributed by atoms with Crippen LogP contribution in [0.25, 0.3) is 11.0 Å². The summed E-state index contributed by atoms with van der Waals surface area (Å²) in [6, 6.07) is 5.20. The Morgan fingerprint density at radius 1 is 1.25 bits per heavy atom. The number of aromatic amines is 2. The zero-order valence-electron chi connectivity index (χ0n) is 11.1. The first-order chi connectivity index (χ1) is 9.63. The van der Waals surface area contributed by atoms with E-state index >= 15 is 0 Å². The van der Waals surface area contributed by atoms with E-state index in [2.05, 4.69) is 30.6 Å². The van der Waals surface area contributed by atoms with Gasteiger partial charge in [0.25, 0.3) is 5.91 Å². The van der Waals surface area contributed by atoms with E-state index in [-0.39, 0.29) is 5.91 Å². The number of benzene rings is 1. The second-order valence-corrected chi connectivity index (χ2v) is 4.53. The van der Waals surface area contributed by atoms with Crippen molar-refractivity contribution in [2.24, 2.45) is 0 Å². The van der Waals surface area contributed by atoms with E-state index in [4.69, 9.17) is 0 Å². The lowest BCUT2D eigenvalue weighted by Gasteiger charge is -2.15. The summed E-state index contributed by atoms with van der Waals surface area (Å²) >= 11 is 0. The Balaban J connectivity index is 1.80. The Bertz CT molecular complexity index is 760. The predicted molar refractivity (Wildman–Crippen MR) is 70.8 cm³/mol. The van der Waals surface area contributed by atoms with E-state index in [0.29, 0.717) is 23.4 Å². The van der Waals surface area contributed by atoms with Crippen molar-refractivity contribution in [3.63, 3.8) is 0 Å². The standard InChI is InChI=1S/C12H13N7O/c1-7-13-11(17-14-7)6-19(2)12(20)8-3-4-9-10(5-8)16-18-15-9/h3-5H,6H2,1-2H3,(H,13,14,17)(H,15,16,18). The first kappa shape index (κ1) is 12.3. The van der Waals surface area contributed by atoms with Crippen LogP contribution in [-0.2, 0) is 6.54 Å². The Labute approximate surface area is 114 Å². The van der Waals surface area contributed by atoms with Crippen LogP contribution in [0.2, 0.25) is 0 Å². The van der Waals surface area contributed by atoms with Crippen molar-refractivity contribution in [2.75, 3.05) is 7.05 Å². The van der Waals surface area contributed by atoms with Gasteiger partial charge in [-0.05, 0) is 25.1 Å². The molecule has 8 heteroatoms. The number of aromatic nitrogens is 6. The van der Waals surface area contributed by atoms with Crippen LogP contribution in [0.3, 0.4) is 0 Å². The van der Waals surface area contributed by atoms with E-state index in [1.54, 1.807) is 30.1 Å². The van der Waals surface area contributed by atoms with Gasteiger partial charge in [-0.3, -0.25) is 9.89 Å². The molecular formula is C12H13N7O. The quantitative estimate of drug-likeness (QED) is 0.728. The number of hydrogen-bond donors (Lipinski definition) is 2. The third-order valence-corrected chi connectivity index (χ3v) is 2.93.